The van der Waals surface area contributed by atoms with Gasteiger partial charge in [-0.2, -0.15) is 5.10 Å². The molecule has 24 heavy (non-hydrogen) atoms. The molecule has 1 aliphatic rings. The fourth-order valence-electron chi connectivity index (χ4n) is 3.90. The van der Waals surface area contributed by atoms with Crippen LogP contribution in [0.2, 0.25) is 0 Å². The van der Waals surface area contributed by atoms with Crippen molar-refractivity contribution >= 4 is 5.65 Å². The van der Waals surface area contributed by atoms with Gasteiger partial charge in [0.15, 0.2) is 5.65 Å². The molecule has 0 spiro atoms. The van der Waals surface area contributed by atoms with Gasteiger partial charge in [-0.3, -0.25) is 4.90 Å². The van der Waals surface area contributed by atoms with Crippen LogP contribution in [0.4, 0.5) is 0 Å². The molecule has 6 nitrogen and oxygen atoms in total. The zero-order valence-electron chi connectivity index (χ0n) is 14.8. The topological polar surface area (TPSA) is 51.2 Å². The fraction of sp³-hybridized carbons (Fsp3) is 0.500. The Morgan fingerprint density at radius 2 is 2.00 bits per heavy atom. The highest BCUT2D eigenvalue weighted by Crippen LogP contribution is 2.32. The Kier molecular flexibility index (Phi) is 3.64. The third-order valence-corrected chi connectivity index (χ3v) is 4.92. The van der Waals surface area contributed by atoms with E-state index in [4.69, 9.17) is 9.97 Å². The third-order valence-electron chi connectivity index (χ3n) is 4.92. The summed E-state index contributed by atoms with van der Waals surface area (Å²) in [4.78, 5) is 12.0. The van der Waals surface area contributed by atoms with Gasteiger partial charge in [0.25, 0.3) is 0 Å². The molecule has 1 unspecified atom stereocenters. The van der Waals surface area contributed by atoms with Crippen molar-refractivity contribution in [3.05, 3.63) is 46.9 Å². The van der Waals surface area contributed by atoms with Crippen LogP contribution in [-0.2, 0) is 13.6 Å². The lowest BCUT2D eigenvalue weighted by Crippen LogP contribution is -2.25. The van der Waals surface area contributed by atoms with E-state index in [0.29, 0.717) is 6.04 Å². The lowest BCUT2D eigenvalue weighted by atomic mass is 10.2. The minimum absolute atomic E-state index is 0.379. The van der Waals surface area contributed by atoms with Crippen LogP contribution in [0.5, 0.6) is 0 Å². The van der Waals surface area contributed by atoms with Gasteiger partial charge in [0.1, 0.15) is 5.82 Å². The molecule has 4 heterocycles. The number of fused-ring (bicyclic) bond motifs is 1. The van der Waals surface area contributed by atoms with Crippen molar-refractivity contribution < 1.29 is 0 Å². The van der Waals surface area contributed by atoms with Crippen molar-refractivity contribution in [2.45, 2.75) is 46.2 Å². The van der Waals surface area contributed by atoms with Crippen LogP contribution in [0.15, 0.2) is 18.5 Å². The zero-order valence-corrected chi connectivity index (χ0v) is 14.8. The molecule has 0 amide bonds. The summed E-state index contributed by atoms with van der Waals surface area (Å²) in [5, 5.41) is 4.53. The fourth-order valence-corrected chi connectivity index (χ4v) is 3.90. The first-order chi connectivity index (χ1) is 11.5. The van der Waals surface area contributed by atoms with Crippen LogP contribution in [0.25, 0.3) is 5.65 Å². The van der Waals surface area contributed by atoms with E-state index >= 15 is 0 Å². The highest BCUT2D eigenvalue weighted by molar-refractivity contribution is 5.48. The van der Waals surface area contributed by atoms with E-state index in [0.717, 1.165) is 42.2 Å². The Labute approximate surface area is 142 Å². The number of rotatable bonds is 3. The predicted octanol–water partition coefficient (Wildman–Crippen LogP) is 2.73. The summed E-state index contributed by atoms with van der Waals surface area (Å²) in [6, 6.07) is 2.45. The lowest BCUT2D eigenvalue weighted by Gasteiger charge is -2.23. The van der Waals surface area contributed by atoms with E-state index in [1.165, 1.54) is 17.8 Å². The van der Waals surface area contributed by atoms with Gasteiger partial charge in [0, 0.05) is 36.7 Å². The molecule has 126 valence electrons. The predicted molar refractivity (Wildman–Crippen MR) is 92.8 cm³/mol. The summed E-state index contributed by atoms with van der Waals surface area (Å²) >= 11 is 0. The maximum absolute atomic E-state index is 4.75. The molecule has 0 radical (unpaired) electrons. The molecule has 0 bridgehead atoms. The van der Waals surface area contributed by atoms with Gasteiger partial charge in [-0.05, 0) is 46.2 Å². The number of aromatic nitrogens is 5. The van der Waals surface area contributed by atoms with Crippen molar-refractivity contribution in [3.63, 3.8) is 0 Å². The number of nitrogens with zero attached hydrogens (tertiary/aromatic N) is 6. The molecular formula is C18H24N6. The van der Waals surface area contributed by atoms with Crippen LogP contribution in [0.1, 0.15) is 47.4 Å². The molecule has 0 aliphatic carbocycles. The maximum atomic E-state index is 4.75. The molecule has 0 aromatic carbocycles. The first kappa shape index (κ1) is 15.3. The minimum Gasteiger partial charge on any atom is -0.336 e. The average Bonchev–Trinajstić information content (AvgIpc) is 3.20. The van der Waals surface area contributed by atoms with E-state index in [-0.39, 0.29) is 0 Å². The van der Waals surface area contributed by atoms with Crippen LogP contribution < -0.4 is 0 Å². The Morgan fingerprint density at radius 1 is 1.17 bits per heavy atom. The summed E-state index contributed by atoms with van der Waals surface area (Å²) in [5.41, 5.74) is 5.43. The lowest BCUT2D eigenvalue weighted by molar-refractivity contribution is 0.237. The molecule has 3 aromatic rings. The zero-order chi connectivity index (χ0) is 16.8. The Morgan fingerprint density at radius 3 is 2.75 bits per heavy atom. The van der Waals surface area contributed by atoms with Crippen LogP contribution in [0.3, 0.4) is 0 Å². The second kappa shape index (κ2) is 5.70. The van der Waals surface area contributed by atoms with Crippen molar-refractivity contribution in [3.8, 4) is 0 Å². The molecule has 3 aromatic heterocycles. The molecule has 4 rings (SSSR count). The Bertz CT molecular complexity index is 890. The number of imidazole rings is 1. The second-order valence-corrected chi connectivity index (χ2v) is 6.92. The van der Waals surface area contributed by atoms with Gasteiger partial charge in [-0.25, -0.2) is 14.5 Å². The van der Waals surface area contributed by atoms with Gasteiger partial charge >= 0.3 is 0 Å². The standard InChI is InChI=1S/C18H24N6/c1-12-8-14(3)24-17(20-12)15(9-19-24)11-23-7-5-6-16(23)18-21-13(2)10-22(18)4/h8-10,16H,5-7,11H2,1-4H3. The summed E-state index contributed by atoms with van der Waals surface area (Å²) in [6.45, 7) is 8.14. The van der Waals surface area contributed by atoms with Gasteiger partial charge in [0.2, 0.25) is 0 Å². The van der Waals surface area contributed by atoms with Gasteiger partial charge in [0.05, 0.1) is 17.9 Å². The second-order valence-electron chi connectivity index (χ2n) is 6.92. The third kappa shape index (κ3) is 2.51. The Hall–Kier alpha value is -2.21. The largest absolute Gasteiger partial charge is 0.336 e. The quantitative estimate of drug-likeness (QED) is 0.743. The first-order valence-electron chi connectivity index (χ1n) is 8.57. The number of aryl methyl sites for hydroxylation is 4. The van der Waals surface area contributed by atoms with Crippen LogP contribution in [0, 0.1) is 20.8 Å². The monoisotopic (exact) mass is 324 g/mol. The minimum atomic E-state index is 0.379. The van der Waals surface area contributed by atoms with Crippen LogP contribution >= 0.6 is 0 Å². The Balaban J connectivity index is 1.66. The summed E-state index contributed by atoms with van der Waals surface area (Å²) in [7, 11) is 2.09. The summed E-state index contributed by atoms with van der Waals surface area (Å²) < 4.78 is 4.11. The number of hydrogen-bond acceptors (Lipinski definition) is 4. The first-order valence-corrected chi connectivity index (χ1v) is 8.57. The van der Waals surface area contributed by atoms with Crippen molar-refractivity contribution in [2.75, 3.05) is 6.54 Å². The van der Waals surface area contributed by atoms with E-state index in [2.05, 4.69) is 47.7 Å². The van der Waals surface area contributed by atoms with Crippen molar-refractivity contribution in [1.82, 2.24) is 29.0 Å². The van der Waals surface area contributed by atoms with Gasteiger partial charge in [-0.15, -0.1) is 0 Å². The van der Waals surface area contributed by atoms with Gasteiger partial charge in [-0.1, -0.05) is 0 Å². The summed E-state index contributed by atoms with van der Waals surface area (Å²) in [6.07, 6.45) is 6.44. The number of hydrogen-bond donors (Lipinski definition) is 0. The molecule has 1 saturated heterocycles. The maximum Gasteiger partial charge on any atom is 0.159 e. The molecule has 0 N–H and O–H groups in total. The van der Waals surface area contributed by atoms with E-state index in [1.807, 2.05) is 17.6 Å². The van der Waals surface area contributed by atoms with E-state index < -0.39 is 0 Å². The average molecular weight is 324 g/mol. The normalized spacial score (nSPS) is 18.8. The van der Waals surface area contributed by atoms with Crippen molar-refractivity contribution in [2.24, 2.45) is 7.05 Å². The van der Waals surface area contributed by atoms with Gasteiger partial charge < -0.3 is 4.57 Å². The molecular weight excluding hydrogens is 300 g/mol. The molecule has 6 heteroatoms. The molecule has 1 fully saturated rings. The highest BCUT2D eigenvalue weighted by atomic mass is 15.3. The van der Waals surface area contributed by atoms with Crippen molar-refractivity contribution in [1.29, 1.82) is 0 Å². The van der Waals surface area contributed by atoms with Crippen LogP contribution in [-0.4, -0.2) is 35.6 Å². The molecule has 0 saturated carbocycles. The summed E-state index contributed by atoms with van der Waals surface area (Å²) in [5.74, 6) is 1.17. The smallest absolute Gasteiger partial charge is 0.159 e. The highest BCUT2D eigenvalue weighted by Gasteiger charge is 2.30. The molecule has 1 atom stereocenters. The molecule has 1 aliphatic heterocycles. The van der Waals surface area contributed by atoms with E-state index in [1.54, 1.807) is 0 Å². The SMILES string of the molecule is Cc1cn(C)c(C2CCCN2Cc2cnn3c(C)cc(C)nc23)n1. The van der Waals surface area contributed by atoms with E-state index in [9.17, 15) is 0 Å². The number of likely N-dealkylation sites (tertiary alicyclic amines) is 1.